The largest absolute Gasteiger partial charge is 0.497 e. The second-order valence-corrected chi connectivity index (χ2v) is 8.14. The van der Waals surface area contributed by atoms with Crippen LogP contribution in [0.3, 0.4) is 0 Å². The minimum atomic E-state index is -0.444. The summed E-state index contributed by atoms with van der Waals surface area (Å²) < 4.78 is 6.35. The van der Waals surface area contributed by atoms with Crippen molar-refractivity contribution < 1.29 is 9.53 Å². The van der Waals surface area contributed by atoms with E-state index in [-0.39, 0.29) is 5.91 Å². The quantitative estimate of drug-likeness (QED) is 0.454. The van der Waals surface area contributed by atoms with E-state index in [9.17, 15) is 4.79 Å². The van der Waals surface area contributed by atoms with Gasteiger partial charge in [-0.3, -0.25) is 9.69 Å². The van der Waals surface area contributed by atoms with Gasteiger partial charge in [0.25, 0.3) is 0 Å². The molecule has 5 nitrogen and oxygen atoms in total. The van der Waals surface area contributed by atoms with E-state index in [1.807, 2.05) is 84.7 Å². The Morgan fingerprint density at radius 2 is 1.73 bits per heavy atom. The lowest BCUT2D eigenvalue weighted by atomic mass is 10.0. The lowest BCUT2D eigenvalue weighted by molar-refractivity contribution is -0.121. The van der Waals surface area contributed by atoms with Crippen LogP contribution in [0.4, 0.5) is 5.69 Å². The van der Waals surface area contributed by atoms with Crippen molar-refractivity contribution >= 4 is 33.1 Å². The molecule has 0 spiro atoms. The van der Waals surface area contributed by atoms with E-state index >= 15 is 0 Å². The minimum Gasteiger partial charge on any atom is -0.497 e. The molecule has 1 atom stereocenters. The van der Waals surface area contributed by atoms with Gasteiger partial charge in [0.2, 0.25) is 5.91 Å². The van der Waals surface area contributed by atoms with Gasteiger partial charge in [0.1, 0.15) is 16.8 Å². The van der Waals surface area contributed by atoms with Crippen LogP contribution in [0.5, 0.6) is 5.75 Å². The number of amides is 1. The summed E-state index contributed by atoms with van der Waals surface area (Å²) in [5.74, 6) is 0.663. The summed E-state index contributed by atoms with van der Waals surface area (Å²) in [4.78, 5) is 20.0. The van der Waals surface area contributed by atoms with Crippen molar-refractivity contribution in [1.82, 2.24) is 9.88 Å². The van der Waals surface area contributed by atoms with Crippen molar-refractivity contribution in [2.24, 2.45) is 0 Å². The number of hydrogen-bond acceptors (Lipinski definition) is 5. The third kappa shape index (κ3) is 4.50. The average Bonchev–Trinajstić information content (AvgIpc) is 3.17. The Morgan fingerprint density at radius 1 is 1.03 bits per heavy atom. The number of thiazole rings is 1. The van der Waals surface area contributed by atoms with Crippen LogP contribution >= 0.6 is 11.3 Å². The van der Waals surface area contributed by atoms with E-state index in [2.05, 4.69) is 11.4 Å². The molecule has 0 aliphatic rings. The number of rotatable bonds is 7. The molecule has 1 heterocycles. The Kier molecular flexibility index (Phi) is 6.07. The molecular formula is C24H23N3O2S. The zero-order valence-electron chi connectivity index (χ0n) is 16.9. The molecule has 152 valence electrons. The normalized spacial score (nSPS) is 12.1. The maximum Gasteiger partial charge on any atom is 0.246 e. The number of hydrogen-bond donors (Lipinski definition) is 1. The number of ether oxygens (including phenoxy) is 1. The molecule has 4 rings (SSSR count). The molecule has 4 aromatic rings. The van der Waals surface area contributed by atoms with Crippen molar-refractivity contribution in [2.45, 2.75) is 12.6 Å². The van der Waals surface area contributed by atoms with Crippen LogP contribution in [-0.4, -0.2) is 29.9 Å². The Morgan fingerprint density at radius 3 is 2.43 bits per heavy atom. The molecule has 1 N–H and O–H groups in total. The summed E-state index contributed by atoms with van der Waals surface area (Å²) >= 11 is 1.66. The lowest BCUT2D eigenvalue weighted by Gasteiger charge is -2.27. The Balaban J connectivity index is 1.57. The number of carbonyl (C=O) groups is 1. The first-order valence-corrected chi connectivity index (χ1v) is 10.5. The molecule has 1 aromatic heterocycles. The fourth-order valence-electron chi connectivity index (χ4n) is 3.42. The molecule has 30 heavy (non-hydrogen) atoms. The number of para-hydroxylation sites is 1. The molecule has 0 fully saturated rings. The fourth-order valence-corrected chi connectivity index (χ4v) is 4.45. The van der Waals surface area contributed by atoms with Crippen LogP contribution in [0.1, 0.15) is 16.6 Å². The first-order chi connectivity index (χ1) is 14.6. The summed E-state index contributed by atoms with van der Waals surface area (Å²) in [5, 5.41) is 4.02. The third-order valence-electron chi connectivity index (χ3n) is 4.88. The highest BCUT2D eigenvalue weighted by Gasteiger charge is 2.26. The molecule has 6 heteroatoms. The van der Waals surface area contributed by atoms with Gasteiger partial charge in [0.15, 0.2) is 0 Å². The number of anilines is 1. The van der Waals surface area contributed by atoms with Gasteiger partial charge in [-0.15, -0.1) is 11.3 Å². The summed E-state index contributed by atoms with van der Waals surface area (Å²) in [6, 6.07) is 24.8. The van der Waals surface area contributed by atoms with E-state index in [1.165, 1.54) is 0 Å². The van der Waals surface area contributed by atoms with E-state index in [0.717, 1.165) is 32.2 Å². The molecule has 0 saturated carbocycles. The second-order valence-electron chi connectivity index (χ2n) is 7.02. The molecule has 3 aromatic carbocycles. The zero-order chi connectivity index (χ0) is 20.9. The zero-order valence-corrected chi connectivity index (χ0v) is 17.7. The Labute approximate surface area is 179 Å². The van der Waals surface area contributed by atoms with Crippen LogP contribution in [-0.2, 0) is 11.3 Å². The van der Waals surface area contributed by atoms with E-state index < -0.39 is 6.04 Å². The number of fused-ring (bicyclic) bond motifs is 1. The number of methoxy groups -OCH3 is 1. The summed E-state index contributed by atoms with van der Waals surface area (Å²) in [7, 11) is 3.58. The maximum absolute atomic E-state index is 13.3. The van der Waals surface area contributed by atoms with Gasteiger partial charge in [0, 0.05) is 5.69 Å². The van der Waals surface area contributed by atoms with E-state index in [1.54, 1.807) is 18.4 Å². The number of nitrogens with one attached hydrogen (secondary N) is 1. The summed E-state index contributed by atoms with van der Waals surface area (Å²) in [6.45, 7) is 0.578. The molecule has 1 unspecified atom stereocenters. The smallest absolute Gasteiger partial charge is 0.246 e. The van der Waals surface area contributed by atoms with Gasteiger partial charge < -0.3 is 10.1 Å². The molecule has 0 aliphatic carbocycles. The van der Waals surface area contributed by atoms with Crippen LogP contribution < -0.4 is 10.1 Å². The van der Waals surface area contributed by atoms with Crippen LogP contribution in [0.2, 0.25) is 0 Å². The highest BCUT2D eigenvalue weighted by molar-refractivity contribution is 7.18. The molecule has 0 saturated heterocycles. The predicted molar refractivity (Wildman–Crippen MR) is 122 cm³/mol. The first-order valence-electron chi connectivity index (χ1n) is 9.68. The van der Waals surface area contributed by atoms with Crippen LogP contribution in [0, 0.1) is 0 Å². The van der Waals surface area contributed by atoms with Crippen molar-refractivity contribution in [3.63, 3.8) is 0 Å². The Bertz CT molecular complexity index is 1090. The maximum atomic E-state index is 13.3. The monoisotopic (exact) mass is 417 g/mol. The van der Waals surface area contributed by atoms with Crippen molar-refractivity contribution in [3.05, 3.63) is 89.4 Å². The fraction of sp³-hybridized carbons (Fsp3) is 0.167. The number of carbonyl (C=O) groups excluding carboxylic acids is 1. The molecular weight excluding hydrogens is 394 g/mol. The van der Waals surface area contributed by atoms with Gasteiger partial charge in [-0.1, -0.05) is 42.5 Å². The van der Waals surface area contributed by atoms with Gasteiger partial charge in [-0.05, 0) is 49.0 Å². The predicted octanol–water partition coefficient (Wildman–Crippen LogP) is 5.12. The minimum absolute atomic E-state index is 0.0880. The van der Waals surface area contributed by atoms with Gasteiger partial charge in [0.05, 0.1) is 23.9 Å². The second kappa shape index (κ2) is 9.07. The highest BCUT2D eigenvalue weighted by Crippen LogP contribution is 2.27. The SMILES string of the molecule is COc1ccc(NC(=O)C(c2ccccc2)N(C)Cc2nc3ccccc3s2)cc1. The average molecular weight is 418 g/mol. The molecule has 0 aliphatic heterocycles. The van der Waals surface area contributed by atoms with E-state index in [4.69, 9.17) is 9.72 Å². The highest BCUT2D eigenvalue weighted by atomic mass is 32.1. The van der Waals surface area contributed by atoms with Crippen molar-refractivity contribution in [3.8, 4) is 5.75 Å². The van der Waals surface area contributed by atoms with Crippen molar-refractivity contribution in [2.75, 3.05) is 19.5 Å². The van der Waals surface area contributed by atoms with Crippen LogP contribution in [0.25, 0.3) is 10.2 Å². The third-order valence-corrected chi connectivity index (χ3v) is 5.91. The first kappa shape index (κ1) is 20.1. The summed E-state index contributed by atoms with van der Waals surface area (Å²) in [6.07, 6.45) is 0. The molecule has 0 bridgehead atoms. The molecule has 1 amide bonds. The van der Waals surface area contributed by atoms with Gasteiger partial charge >= 0.3 is 0 Å². The number of likely N-dealkylation sites (N-methyl/N-ethyl adjacent to an activating group) is 1. The standard InChI is InChI=1S/C24H23N3O2S/c1-27(16-22-26-20-10-6-7-11-21(20)30-22)23(17-8-4-3-5-9-17)24(28)25-18-12-14-19(29-2)15-13-18/h3-15,23H,16H2,1-2H3,(H,25,28). The van der Waals surface area contributed by atoms with Gasteiger partial charge in [-0.2, -0.15) is 0 Å². The van der Waals surface area contributed by atoms with E-state index in [0.29, 0.717) is 6.54 Å². The Hall–Kier alpha value is -3.22. The number of benzene rings is 3. The van der Waals surface area contributed by atoms with Crippen molar-refractivity contribution in [1.29, 1.82) is 0 Å². The number of nitrogens with zero attached hydrogens (tertiary/aromatic N) is 2. The number of aromatic nitrogens is 1. The molecule has 0 radical (unpaired) electrons. The topological polar surface area (TPSA) is 54.5 Å². The van der Waals surface area contributed by atoms with Gasteiger partial charge in [-0.25, -0.2) is 4.98 Å². The lowest BCUT2D eigenvalue weighted by Crippen LogP contribution is -2.34. The summed E-state index contributed by atoms with van der Waals surface area (Å²) in [5.41, 5.74) is 2.66. The van der Waals surface area contributed by atoms with Crippen LogP contribution in [0.15, 0.2) is 78.9 Å².